The van der Waals surface area contributed by atoms with Crippen molar-refractivity contribution >= 4 is 5.91 Å². The summed E-state index contributed by atoms with van der Waals surface area (Å²) in [5.74, 6) is 0.0259. The summed E-state index contributed by atoms with van der Waals surface area (Å²) in [5, 5.41) is 0. The number of nitrogens with zero attached hydrogens (tertiary/aromatic N) is 1. The van der Waals surface area contributed by atoms with Crippen molar-refractivity contribution in [3.05, 3.63) is 0 Å². The van der Waals surface area contributed by atoms with E-state index in [4.69, 9.17) is 10.5 Å². The lowest BCUT2D eigenvalue weighted by atomic mass is 10.1. The lowest BCUT2D eigenvalue weighted by Crippen LogP contribution is -2.46. The summed E-state index contributed by atoms with van der Waals surface area (Å²) >= 11 is 0. The second-order valence-corrected chi connectivity index (χ2v) is 3.48. The average molecular weight is 186 g/mol. The van der Waals surface area contributed by atoms with E-state index in [-0.39, 0.29) is 18.0 Å². The topological polar surface area (TPSA) is 55.6 Å². The number of hydrogen-bond donors (Lipinski definition) is 1. The van der Waals surface area contributed by atoms with E-state index in [1.54, 1.807) is 11.9 Å². The summed E-state index contributed by atoms with van der Waals surface area (Å²) < 4.78 is 5.21. The summed E-state index contributed by atoms with van der Waals surface area (Å²) in [5.41, 5.74) is 5.65. The standard InChI is InChI=1S/C9H18N2O2/c1-3-8(10)9(12)11(2)7-4-5-13-6-7/h7-8H,3-6,10H2,1-2H3. The minimum atomic E-state index is -0.356. The zero-order chi connectivity index (χ0) is 9.84. The van der Waals surface area contributed by atoms with E-state index >= 15 is 0 Å². The van der Waals surface area contributed by atoms with Crippen LogP contribution < -0.4 is 5.73 Å². The van der Waals surface area contributed by atoms with Crippen molar-refractivity contribution in [2.24, 2.45) is 5.73 Å². The van der Waals surface area contributed by atoms with Crippen LogP contribution in [0.4, 0.5) is 0 Å². The predicted octanol–water partition coefficient (Wildman–Crippen LogP) is -0.0290. The Morgan fingerprint density at radius 2 is 2.46 bits per heavy atom. The SMILES string of the molecule is CCC(N)C(=O)N(C)C1CCOC1. The molecule has 1 aliphatic rings. The number of nitrogens with two attached hydrogens (primary N) is 1. The fourth-order valence-electron chi connectivity index (χ4n) is 1.44. The first-order valence-corrected chi connectivity index (χ1v) is 4.76. The van der Waals surface area contributed by atoms with E-state index in [1.807, 2.05) is 6.92 Å². The zero-order valence-electron chi connectivity index (χ0n) is 8.32. The molecule has 2 atom stereocenters. The third-order valence-electron chi connectivity index (χ3n) is 2.56. The molecule has 4 nitrogen and oxygen atoms in total. The highest BCUT2D eigenvalue weighted by molar-refractivity contribution is 5.81. The number of likely N-dealkylation sites (N-methyl/N-ethyl adjacent to an activating group) is 1. The summed E-state index contributed by atoms with van der Waals surface area (Å²) in [7, 11) is 1.80. The molecule has 76 valence electrons. The first kappa shape index (κ1) is 10.5. The molecule has 0 bridgehead atoms. The van der Waals surface area contributed by atoms with E-state index in [1.165, 1.54) is 0 Å². The molecule has 13 heavy (non-hydrogen) atoms. The number of rotatable bonds is 3. The van der Waals surface area contributed by atoms with Gasteiger partial charge in [0.05, 0.1) is 18.7 Å². The van der Waals surface area contributed by atoms with E-state index in [0.717, 1.165) is 13.0 Å². The molecule has 2 unspecified atom stereocenters. The van der Waals surface area contributed by atoms with Crippen LogP contribution in [-0.2, 0) is 9.53 Å². The number of carbonyl (C=O) groups is 1. The van der Waals surface area contributed by atoms with Crippen molar-refractivity contribution in [1.29, 1.82) is 0 Å². The molecule has 2 N–H and O–H groups in total. The van der Waals surface area contributed by atoms with Gasteiger partial charge in [0.25, 0.3) is 0 Å². The number of ether oxygens (including phenoxy) is 1. The van der Waals surface area contributed by atoms with Crippen LogP contribution in [0.15, 0.2) is 0 Å². The molecule has 1 heterocycles. The van der Waals surface area contributed by atoms with E-state index in [2.05, 4.69) is 0 Å². The van der Waals surface area contributed by atoms with Crippen molar-refractivity contribution < 1.29 is 9.53 Å². The van der Waals surface area contributed by atoms with Gasteiger partial charge >= 0.3 is 0 Å². The Bertz CT molecular complexity index is 178. The summed E-state index contributed by atoms with van der Waals surface area (Å²) in [6, 6.07) is -0.129. The zero-order valence-corrected chi connectivity index (χ0v) is 8.32. The van der Waals surface area contributed by atoms with Crippen molar-refractivity contribution in [2.75, 3.05) is 20.3 Å². The molecule has 0 aromatic rings. The second-order valence-electron chi connectivity index (χ2n) is 3.48. The molecule has 0 aromatic carbocycles. The molecule has 0 saturated carbocycles. The minimum Gasteiger partial charge on any atom is -0.379 e. The highest BCUT2D eigenvalue weighted by Crippen LogP contribution is 2.11. The first-order chi connectivity index (χ1) is 6.16. The third kappa shape index (κ3) is 2.42. The molecule has 1 fully saturated rings. The number of carbonyl (C=O) groups excluding carboxylic acids is 1. The van der Waals surface area contributed by atoms with Crippen molar-refractivity contribution in [3.8, 4) is 0 Å². The molecule has 1 rings (SSSR count). The number of amides is 1. The maximum atomic E-state index is 11.6. The van der Waals surface area contributed by atoms with Gasteiger partial charge in [0.15, 0.2) is 0 Å². The smallest absolute Gasteiger partial charge is 0.239 e. The summed E-state index contributed by atoms with van der Waals surface area (Å²) in [4.78, 5) is 13.3. The van der Waals surface area contributed by atoms with Gasteiger partial charge in [-0.1, -0.05) is 6.92 Å². The van der Waals surface area contributed by atoms with Crippen LogP contribution in [0.5, 0.6) is 0 Å². The predicted molar refractivity (Wildman–Crippen MR) is 50.3 cm³/mol. The molecule has 1 aliphatic heterocycles. The van der Waals surface area contributed by atoms with Gasteiger partial charge in [-0.3, -0.25) is 4.79 Å². The second kappa shape index (κ2) is 4.58. The van der Waals surface area contributed by atoms with E-state index in [9.17, 15) is 4.79 Å². The lowest BCUT2D eigenvalue weighted by Gasteiger charge is -2.25. The normalized spacial score (nSPS) is 24.4. The molecule has 0 radical (unpaired) electrons. The van der Waals surface area contributed by atoms with Gasteiger partial charge in [0, 0.05) is 13.7 Å². The minimum absolute atomic E-state index is 0.0259. The van der Waals surface area contributed by atoms with Gasteiger partial charge in [-0.05, 0) is 12.8 Å². The van der Waals surface area contributed by atoms with Crippen molar-refractivity contribution in [1.82, 2.24) is 4.90 Å². The molecule has 0 spiro atoms. The van der Waals surface area contributed by atoms with Crippen LogP contribution in [0.2, 0.25) is 0 Å². The van der Waals surface area contributed by atoms with E-state index in [0.29, 0.717) is 13.0 Å². The fourth-order valence-corrected chi connectivity index (χ4v) is 1.44. The average Bonchev–Trinajstić information content (AvgIpc) is 2.67. The Labute approximate surface area is 79.0 Å². The summed E-state index contributed by atoms with van der Waals surface area (Å²) in [6.07, 6.45) is 1.62. The van der Waals surface area contributed by atoms with E-state index < -0.39 is 0 Å². The largest absolute Gasteiger partial charge is 0.379 e. The molecular weight excluding hydrogens is 168 g/mol. The lowest BCUT2D eigenvalue weighted by molar-refractivity contribution is -0.133. The Morgan fingerprint density at radius 3 is 2.92 bits per heavy atom. The molecule has 4 heteroatoms. The van der Waals surface area contributed by atoms with Gasteiger partial charge in [-0.15, -0.1) is 0 Å². The Morgan fingerprint density at radius 1 is 1.77 bits per heavy atom. The van der Waals surface area contributed by atoms with Crippen LogP contribution in [0.25, 0.3) is 0 Å². The Kier molecular flexibility index (Phi) is 3.69. The fraction of sp³-hybridized carbons (Fsp3) is 0.889. The van der Waals surface area contributed by atoms with Crippen molar-refractivity contribution in [2.45, 2.75) is 31.8 Å². The van der Waals surface area contributed by atoms with Crippen LogP contribution in [-0.4, -0.2) is 43.2 Å². The Balaban J connectivity index is 2.45. The molecule has 1 saturated heterocycles. The highest BCUT2D eigenvalue weighted by atomic mass is 16.5. The number of hydrogen-bond acceptors (Lipinski definition) is 3. The molecule has 1 amide bonds. The quantitative estimate of drug-likeness (QED) is 0.673. The summed E-state index contributed by atoms with van der Waals surface area (Å²) in [6.45, 7) is 3.32. The van der Waals surface area contributed by atoms with Gasteiger partial charge in [0.1, 0.15) is 0 Å². The monoisotopic (exact) mass is 186 g/mol. The maximum absolute atomic E-state index is 11.6. The molecular formula is C9H18N2O2. The van der Waals surface area contributed by atoms with Gasteiger partial charge < -0.3 is 15.4 Å². The van der Waals surface area contributed by atoms with Gasteiger partial charge in [-0.2, -0.15) is 0 Å². The van der Waals surface area contributed by atoms with Crippen LogP contribution in [0, 0.1) is 0 Å². The van der Waals surface area contributed by atoms with Gasteiger partial charge in [-0.25, -0.2) is 0 Å². The molecule has 0 aliphatic carbocycles. The van der Waals surface area contributed by atoms with Crippen LogP contribution in [0.3, 0.4) is 0 Å². The first-order valence-electron chi connectivity index (χ1n) is 4.76. The third-order valence-corrected chi connectivity index (χ3v) is 2.56. The van der Waals surface area contributed by atoms with Gasteiger partial charge in [0.2, 0.25) is 5.91 Å². The molecule has 0 aromatic heterocycles. The Hall–Kier alpha value is -0.610. The highest BCUT2D eigenvalue weighted by Gasteiger charge is 2.26. The van der Waals surface area contributed by atoms with Crippen molar-refractivity contribution in [3.63, 3.8) is 0 Å². The van der Waals surface area contributed by atoms with Crippen LogP contribution in [0.1, 0.15) is 19.8 Å². The van der Waals surface area contributed by atoms with Crippen LogP contribution >= 0.6 is 0 Å². The maximum Gasteiger partial charge on any atom is 0.239 e.